The Morgan fingerprint density at radius 3 is 2.62 bits per heavy atom. The quantitative estimate of drug-likeness (QED) is 0.577. The fourth-order valence-electron chi connectivity index (χ4n) is 1.87. The lowest BCUT2D eigenvalue weighted by molar-refractivity contribution is -0.150. The summed E-state index contributed by atoms with van der Waals surface area (Å²) in [5.74, 6) is 0.313. The van der Waals surface area contributed by atoms with Crippen LogP contribution in [-0.4, -0.2) is 21.7 Å². The molecule has 0 aliphatic carbocycles. The van der Waals surface area contributed by atoms with Crippen molar-refractivity contribution in [1.82, 2.24) is 10.1 Å². The number of carbonyl (C=O) groups is 1. The molecule has 1 aromatic carbocycles. The summed E-state index contributed by atoms with van der Waals surface area (Å²) in [6, 6.07) is 5.30. The van der Waals surface area contributed by atoms with Crippen LogP contribution in [0, 0.1) is 0 Å². The van der Waals surface area contributed by atoms with Gasteiger partial charge in [-0.05, 0) is 38.5 Å². The van der Waals surface area contributed by atoms with Gasteiger partial charge in [-0.2, -0.15) is 4.98 Å². The minimum atomic E-state index is -0.576. The molecule has 0 radical (unpaired) electrons. The van der Waals surface area contributed by atoms with Gasteiger partial charge >= 0.3 is 5.97 Å². The molecule has 7 heteroatoms. The van der Waals surface area contributed by atoms with Gasteiger partial charge in [-0.1, -0.05) is 41.0 Å². The van der Waals surface area contributed by atoms with E-state index >= 15 is 0 Å². The van der Waals surface area contributed by atoms with Crippen LogP contribution >= 0.6 is 23.2 Å². The normalized spacial score (nSPS) is 11.4. The van der Waals surface area contributed by atoms with Crippen molar-refractivity contribution in [3.63, 3.8) is 0 Å². The predicted octanol–water partition coefficient (Wildman–Crippen LogP) is 4.41. The lowest BCUT2D eigenvalue weighted by Gasteiger charge is -2.19. The number of aromatic nitrogens is 2. The summed E-state index contributed by atoms with van der Waals surface area (Å²) in [6.45, 7) is 9.09. The maximum absolute atomic E-state index is 11.9. The number of benzene rings is 1. The molecule has 0 saturated carbocycles. The lowest BCUT2D eigenvalue weighted by atomic mass is 10.1. The molecule has 0 aliphatic rings. The minimum absolute atomic E-state index is 0.142. The highest BCUT2D eigenvalue weighted by molar-refractivity contribution is 6.42. The fourth-order valence-corrected chi connectivity index (χ4v) is 2.19. The molecule has 1 aromatic heterocycles. The van der Waals surface area contributed by atoms with E-state index in [1.807, 2.05) is 6.07 Å². The van der Waals surface area contributed by atoms with Gasteiger partial charge in [-0.25, -0.2) is 4.79 Å². The Hall–Kier alpha value is -1.85. The monoisotopic (exact) mass is 368 g/mol. The fraction of sp³-hybridized carbons (Fsp3) is 0.353. The van der Waals surface area contributed by atoms with Gasteiger partial charge in [0.1, 0.15) is 5.60 Å². The van der Waals surface area contributed by atoms with Gasteiger partial charge in [0.2, 0.25) is 5.89 Å². The van der Waals surface area contributed by atoms with Crippen molar-refractivity contribution in [3.8, 4) is 0 Å². The van der Waals surface area contributed by atoms with Crippen molar-refractivity contribution in [2.75, 3.05) is 0 Å². The zero-order valence-corrected chi connectivity index (χ0v) is 15.2. The summed E-state index contributed by atoms with van der Waals surface area (Å²) in [7, 11) is 0. The highest BCUT2D eigenvalue weighted by Crippen LogP contribution is 2.23. The van der Waals surface area contributed by atoms with E-state index in [4.69, 9.17) is 32.5 Å². The molecular formula is C17H18Cl2N2O3. The standard InChI is InChI=1S/C17H18Cl2N2O3/c1-10(16(22)23-17(2,3)4)7-15-20-14(21-24-15)9-11-5-6-12(18)13(19)8-11/h5-6,8H,1,7,9H2,2-4H3. The summed E-state index contributed by atoms with van der Waals surface area (Å²) in [4.78, 5) is 16.1. The predicted molar refractivity (Wildman–Crippen MR) is 92.3 cm³/mol. The van der Waals surface area contributed by atoms with Gasteiger partial charge in [-0.15, -0.1) is 0 Å². The number of halogens is 2. The van der Waals surface area contributed by atoms with Crippen molar-refractivity contribution in [3.05, 3.63) is 57.7 Å². The second-order valence-electron chi connectivity index (χ2n) is 6.31. The van der Waals surface area contributed by atoms with Crippen LogP contribution in [0.4, 0.5) is 0 Å². The molecule has 2 rings (SSSR count). The summed E-state index contributed by atoms with van der Waals surface area (Å²) >= 11 is 11.9. The Morgan fingerprint density at radius 1 is 1.29 bits per heavy atom. The largest absolute Gasteiger partial charge is 0.457 e. The number of hydrogen-bond donors (Lipinski definition) is 0. The summed E-state index contributed by atoms with van der Waals surface area (Å²) < 4.78 is 10.4. The van der Waals surface area contributed by atoms with E-state index in [2.05, 4.69) is 16.7 Å². The smallest absolute Gasteiger partial charge is 0.334 e. The highest BCUT2D eigenvalue weighted by atomic mass is 35.5. The minimum Gasteiger partial charge on any atom is -0.457 e. The van der Waals surface area contributed by atoms with E-state index in [1.54, 1.807) is 32.9 Å². The zero-order chi connectivity index (χ0) is 17.9. The third kappa shape index (κ3) is 5.35. The van der Waals surface area contributed by atoms with E-state index < -0.39 is 11.6 Å². The summed E-state index contributed by atoms with van der Waals surface area (Å²) in [5.41, 5.74) is 0.589. The third-order valence-corrected chi connectivity index (χ3v) is 3.65. The molecule has 0 amide bonds. The van der Waals surface area contributed by atoms with E-state index in [1.165, 1.54) is 0 Å². The van der Waals surface area contributed by atoms with E-state index in [-0.39, 0.29) is 12.0 Å². The van der Waals surface area contributed by atoms with Crippen LogP contribution in [0.1, 0.15) is 38.0 Å². The number of carbonyl (C=O) groups excluding carboxylic acids is 1. The van der Waals surface area contributed by atoms with Crippen molar-refractivity contribution in [2.45, 2.75) is 39.2 Å². The molecule has 0 N–H and O–H groups in total. The van der Waals surface area contributed by atoms with E-state index in [0.717, 1.165) is 5.56 Å². The van der Waals surface area contributed by atoms with Crippen LogP contribution in [0.3, 0.4) is 0 Å². The maximum Gasteiger partial charge on any atom is 0.334 e. The summed E-state index contributed by atoms with van der Waals surface area (Å²) in [5, 5.41) is 4.85. The maximum atomic E-state index is 11.9. The molecule has 0 spiro atoms. The molecule has 0 fully saturated rings. The Bertz CT molecular complexity index is 763. The van der Waals surface area contributed by atoms with Crippen LogP contribution in [0.5, 0.6) is 0 Å². The van der Waals surface area contributed by atoms with Crippen molar-refractivity contribution in [2.24, 2.45) is 0 Å². The number of ether oxygens (including phenoxy) is 1. The van der Waals surface area contributed by atoms with Gasteiger partial charge in [0.25, 0.3) is 0 Å². The average molecular weight is 369 g/mol. The zero-order valence-electron chi connectivity index (χ0n) is 13.7. The van der Waals surface area contributed by atoms with Crippen molar-refractivity contribution < 1.29 is 14.1 Å². The number of rotatable bonds is 5. The van der Waals surface area contributed by atoms with Crippen LogP contribution in [0.15, 0.2) is 34.9 Å². The first kappa shape index (κ1) is 18.5. The summed E-state index contributed by atoms with van der Waals surface area (Å²) in [6.07, 6.45) is 0.586. The van der Waals surface area contributed by atoms with Crippen LogP contribution in [0.2, 0.25) is 10.0 Å². The SMILES string of the molecule is C=C(Cc1nc(Cc2ccc(Cl)c(Cl)c2)no1)C(=O)OC(C)(C)C. The number of esters is 1. The highest BCUT2D eigenvalue weighted by Gasteiger charge is 2.20. The van der Waals surface area contributed by atoms with Crippen LogP contribution in [0.25, 0.3) is 0 Å². The van der Waals surface area contributed by atoms with Gasteiger partial charge in [0.15, 0.2) is 5.82 Å². The molecule has 128 valence electrons. The Balaban J connectivity index is 1.99. The van der Waals surface area contributed by atoms with E-state index in [9.17, 15) is 4.79 Å². The average Bonchev–Trinajstić information content (AvgIpc) is 2.88. The number of hydrogen-bond acceptors (Lipinski definition) is 5. The molecule has 0 atom stereocenters. The first-order valence-corrected chi connectivity index (χ1v) is 8.06. The first-order valence-electron chi connectivity index (χ1n) is 7.30. The van der Waals surface area contributed by atoms with Crippen molar-refractivity contribution in [1.29, 1.82) is 0 Å². The lowest BCUT2D eigenvalue weighted by Crippen LogP contribution is -2.25. The van der Waals surface area contributed by atoms with Gasteiger partial charge in [-0.3, -0.25) is 0 Å². The molecular weight excluding hydrogens is 351 g/mol. The van der Waals surface area contributed by atoms with Crippen LogP contribution < -0.4 is 0 Å². The molecule has 0 saturated heterocycles. The molecule has 2 aromatic rings. The second-order valence-corrected chi connectivity index (χ2v) is 7.13. The second kappa shape index (κ2) is 7.36. The molecule has 0 unspecified atom stereocenters. The number of nitrogens with zero attached hydrogens (tertiary/aromatic N) is 2. The first-order chi connectivity index (χ1) is 11.1. The Morgan fingerprint density at radius 2 is 2.00 bits per heavy atom. The molecule has 0 aliphatic heterocycles. The Labute approximate surface area is 150 Å². The van der Waals surface area contributed by atoms with Gasteiger partial charge in [0, 0.05) is 12.0 Å². The molecule has 5 nitrogen and oxygen atoms in total. The third-order valence-electron chi connectivity index (χ3n) is 2.91. The topological polar surface area (TPSA) is 65.2 Å². The van der Waals surface area contributed by atoms with Gasteiger partial charge in [0.05, 0.1) is 16.5 Å². The molecule has 0 bridgehead atoms. The van der Waals surface area contributed by atoms with Crippen molar-refractivity contribution >= 4 is 29.2 Å². The van der Waals surface area contributed by atoms with Crippen LogP contribution in [-0.2, 0) is 22.4 Å². The Kier molecular flexibility index (Phi) is 5.67. The van der Waals surface area contributed by atoms with Gasteiger partial charge < -0.3 is 9.26 Å². The molecule has 1 heterocycles. The molecule has 24 heavy (non-hydrogen) atoms. The van der Waals surface area contributed by atoms with E-state index in [0.29, 0.717) is 28.2 Å².